The zero-order valence-corrected chi connectivity index (χ0v) is 20.0. The zero-order chi connectivity index (χ0) is 23.0. The van der Waals surface area contributed by atoms with Gasteiger partial charge in [-0.15, -0.1) is 16.1 Å². The summed E-state index contributed by atoms with van der Waals surface area (Å²) in [6, 6.07) is 13.5. The molecule has 0 atom stereocenters. The molecule has 0 aliphatic rings. The second-order valence-corrected chi connectivity index (χ2v) is 9.33. The maximum absolute atomic E-state index is 6.56. The molecule has 7 heteroatoms. The van der Waals surface area contributed by atoms with Crippen molar-refractivity contribution < 1.29 is 4.42 Å². The van der Waals surface area contributed by atoms with Crippen LogP contribution in [0.5, 0.6) is 0 Å². The van der Waals surface area contributed by atoms with E-state index in [-0.39, 0.29) is 5.41 Å². The quantitative estimate of drug-likeness (QED) is 0.310. The van der Waals surface area contributed by atoms with E-state index < -0.39 is 0 Å². The minimum atomic E-state index is -0.288. The van der Waals surface area contributed by atoms with Crippen LogP contribution in [0.4, 0.5) is 0 Å². The topological polar surface area (TPSA) is 56.7 Å². The van der Waals surface area contributed by atoms with Gasteiger partial charge in [-0.2, -0.15) is 5.10 Å². The summed E-state index contributed by atoms with van der Waals surface area (Å²) < 4.78 is 7.77. The lowest BCUT2D eigenvalue weighted by Crippen LogP contribution is -2.11. The Kier molecular flexibility index (Phi) is 5.85. The SMILES string of the molecule is CC#Cc1c(-c2nnc(C(C)(C)C)o2)nn(-c2ccc(Cl)cc2Cl)c1-c1ccc(C)cc1. The van der Waals surface area contributed by atoms with Crippen molar-refractivity contribution in [3.8, 4) is 40.4 Å². The monoisotopic (exact) mass is 464 g/mol. The van der Waals surface area contributed by atoms with Crippen molar-refractivity contribution in [2.75, 3.05) is 0 Å². The Labute approximate surface area is 197 Å². The van der Waals surface area contributed by atoms with Gasteiger partial charge in [-0.3, -0.25) is 0 Å². The maximum Gasteiger partial charge on any atom is 0.269 e. The van der Waals surface area contributed by atoms with Crippen LogP contribution in [0.25, 0.3) is 28.5 Å². The first kappa shape index (κ1) is 22.1. The van der Waals surface area contributed by atoms with Crippen molar-refractivity contribution in [2.45, 2.75) is 40.0 Å². The zero-order valence-electron chi connectivity index (χ0n) is 18.5. The summed E-state index contributed by atoms with van der Waals surface area (Å²) >= 11 is 12.7. The standard InChI is InChI=1S/C25H22Cl2N4O/c1-6-7-18-21(23-28-29-24(32-23)25(3,4)5)30-31(20-13-12-17(26)14-19(20)27)22(18)16-10-8-15(2)9-11-16/h8-14H,1-5H3. The van der Waals surface area contributed by atoms with Crippen LogP contribution >= 0.6 is 23.2 Å². The Balaban J connectivity index is 2.04. The molecule has 2 heterocycles. The summed E-state index contributed by atoms with van der Waals surface area (Å²) in [7, 11) is 0. The molecule has 4 aromatic rings. The fraction of sp³-hybridized carbons (Fsp3) is 0.240. The number of hydrogen-bond acceptors (Lipinski definition) is 4. The van der Waals surface area contributed by atoms with E-state index in [2.05, 4.69) is 22.0 Å². The number of aromatic nitrogens is 4. The van der Waals surface area contributed by atoms with Gasteiger partial charge in [-0.25, -0.2) is 4.68 Å². The van der Waals surface area contributed by atoms with Crippen molar-refractivity contribution in [3.05, 3.63) is 69.5 Å². The van der Waals surface area contributed by atoms with E-state index >= 15 is 0 Å². The molecule has 2 aromatic carbocycles. The molecule has 32 heavy (non-hydrogen) atoms. The molecule has 0 amide bonds. The average Bonchev–Trinajstić information content (AvgIpc) is 3.34. The number of aryl methyl sites for hydroxylation is 1. The summed E-state index contributed by atoms with van der Waals surface area (Å²) in [5, 5.41) is 14.4. The molecule has 2 aromatic heterocycles. The van der Waals surface area contributed by atoms with E-state index in [1.54, 1.807) is 23.7 Å². The van der Waals surface area contributed by atoms with Crippen LogP contribution < -0.4 is 0 Å². The molecular weight excluding hydrogens is 443 g/mol. The third-order valence-electron chi connectivity index (χ3n) is 4.87. The number of hydrogen-bond donors (Lipinski definition) is 0. The fourth-order valence-electron chi connectivity index (χ4n) is 3.24. The fourth-order valence-corrected chi connectivity index (χ4v) is 3.73. The van der Waals surface area contributed by atoms with Crippen LogP contribution in [-0.2, 0) is 5.41 Å². The molecule has 0 bridgehead atoms. The molecular formula is C25H22Cl2N4O. The van der Waals surface area contributed by atoms with Gasteiger partial charge in [0, 0.05) is 16.0 Å². The van der Waals surface area contributed by atoms with Gasteiger partial charge in [0.1, 0.15) is 0 Å². The summed E-state index contributed by atoms with van der Waals surface area (Å²) in [5.74, 6) is 7.03. The van der Waals surface area contributed by atoms with Crippen molar-refractivity contribution in [1.82, 2.24) is 20.0 Å². The van der Waals surface area contributed by atoms with Crippen LogP contribution in [0.1, 0.15) is 44.7 Å². The van der Waals surface area contributed by atoms with Crippen LogP contribution in [-0.4, -0.2) is 20.0 Å². The molecule has 0 aliphatic heterocycles. The minimum absolute atomic E-state index is 0.288. The lowest BCUT2D eigenvalue weighted by molar-refractivity contribution is 0.398. The van der Waals surface area contributed by atoms with E-state index in [1.807, 2.05) is 58.0 Å². The van der Waals surface area contributed by atoms with Crippen molar-refractivity contribution in [3.63, 3.8) is 0 Å². The molecule has 5 nitrogen and oxygen atoms in total. The Morgan fingerprint density at radius 3 is 2.31 bits per heavy atom. The van der Waals surface area contributed by atoms with Crippen LogP contribution in [0.2, 0.25) is 10.0 Å². The van der Waals surface area contributed by atoms with Gasteiger partial charge in [0.25, 0.3) is 5.89 Å². The molecule has 0 fully saturated rings. The van der Waals surface area contributed by atoms with Crippen molar-refractivity contribution in [1.29, 1.82) is 0 Å². The van der Waals surface area contributed by atoms with E-state index in [4.69, 9.17) is 32.7 Å². The Hall–Kier alpha value is -3.07. The second-order valence-electron chi connectivity index (χ2n) is 8.48. The molecule has 0 unspecified atom stereocenters. The smallest absolute Gasteiger partial charge is 0.269 e. The van der Waals surface area contributed by atoms with E-state index in [9.17, 15) is 0 Å². The predicted octanol–water partition coefficient (Wildman–Crippen LogP) is 6.87. The molecule has 0 N–H and O–H groups in total. The maximum atomic E-state index is 6.56. The second kappa shape index (κ2) is 8.46. The number of benzene rings is 2. The van der Waals surface area contributed by atoms with Crippen molar-refractivity contribution in [2.24, 2.45) is 0 Å². The Morgan fingerprint density at radius 2 is 1.72 bits per heavy atom. The molecule has 162 valence electrons. The van der Waals surface area contributed by atoms with E-state index in [0.29, 0.717) is 38.8 Å². The molecule has 0 saturated heterocycles. The summed E-state index contributed by atoms with van der Waals surface area (Å²) in [4.78, 5) is 0. The van der Waals surface area contributed by atoms with Crippen LogP contribution in [0.15, 0.2) is 46.9 Å². The average molecular weight is 465 g/mol. The summed E-state index contributed by atoms with van der Waals surface area (Å²) in [6.45, 7) is 9.87. The third kappa shape index (κ3) is 4.17. The van der Waals surface area contributed by atoms with Gasteiger partial charge in [0.05, 0.1) is 22.0 Å². The normalized spacial score (nSPS) is 11.3. The molecule has 0 radical (unpaired) electrons. The molecule has 0 saturated carbocycles. The van der Waals surface area contributed by atoms with Crippen LogP contribution in [0.3, 0.4) is 0 Å². The Morgan fingerprint density at radius 1 is 1.00 bits per heavy atom. The van der Waals surface area contributed by atoms with E-state index in [0.717, 1.165) is 16.8 Å². The van der Waals surface area contributed by atoms with Gasteiger partial charge >= 0.3 is 0 Å². The van der Waals surface area contributed by atoms with Gasteiger partial charge in [-0.1, -0.05) is 79.7 Å². The summed E-state index contributed by atoms with van der Waals surface area (Å²) in [5.41, 5.74) is 4.45. The van der Waals surface area contributed by atoms with Gasteiger partial charge in [0.15, 0.2) is 5.69 Å². The lowest BCUT2D eigenvalue weighted by atomic mass is 9.97. The minimum Gasteiger partial charge on any atom is -0.419 e. The predicted molar refractivity (Wildman–Crippen MR) is 128 cm³/mol. The molecule has 0 spiro atoms. The highest BCUT2D eigenvalue weighted by molar-refractivity contribution is 6.35. The first-order valence-electron chi connectivity index (χ1n) is 10.1. The van der Waals surface area contributed by atoms with Crippen LogP contribution in [0, 0.1) is 18.8 Å². The van der Waals surface area contributed by atoms with Gasteiger partial charge in [-0.05, 0) is 32.0 Å². The number of halogens is 2. The number of nitrogens with zero attached hydrogens (tertiary/aromatic N) is 4. The van der Waals surface area contributed by atoms with Gasteiger partial charge in [0.2, 0.25) is 5.89 Å². The van der Waals surface area contributed by atoms with E-state index in [1.165, 1.54) is 0 Å². The first-order valence-corrected chi connectivity index (χ1v) is 10.9. The lowest BCUT2D eigenvalue weighted by Gasteiger charge is -2.10. The molecule has 4 rings (SSSR count). The highest BCUT2D eigenvalue weighted by Crippen LogP contribution is 2.36. The highest BCUT2D eigenvalue weighted by atomic mass is 35.5. The highest BCUT2D eigenvalue weighted by Gasteiger charge is 2.27. The number of rotatable bonds is 3. The van der Waals surface area contributed by atoms with Gasteiger partial charge < -0.3 is 4.42 Å². The first-order chi connectivity index (χ1) is 15.2. The summed E-state index contributed by atoms with van der Waals surface area (Å²) in [6.07, 6.45) is 0. The van der Waals surface area contributed by atoms with Crippen molar-refractivity contribution >= 4 is 23.2 Å². The Bertz CT molecular complexity index is 1350. The molecule has 0 aliphatic carbocycles. The largest absolute Gasteiger partial charge is 0.419 e. The third-order valence-corrected chi connectivity index (χ3v) is 5.41.